The fraction of sp³-hybridized carbons (Fsp3) is 0.267. The molecule has 3 rings (SSSR count). The molecule has 21 heavy (non-hydrogen) atoms. The van der Waals surface area contributed by atoms with Crippen LogP contribution in [0.25, 0.3) is 0 Å². The standard InChI is InChI=1S/C15H14N2O4/c18-12-8-4-3-7-11(12)13(19)16-17-14(20)9-5-1-2-6-10(9)15(17)21/h1-4,7-10,18H,5-6H2,(H,16,19). The Hall–Kier alpha value is -2.63. The summed E-state index contributed by atoms with van der Waals surface area (Å²) in [5, 5.41) is 10.4. The van der Waals surface area contributed by atoms with Crippen LogP contribution >= 0.6 is 0 Å². The van der Waals surface area contributed by atoms with Gasteiger partial charge in [0.1, 0.15) is 5.75 Å². The first-order valence-electron chi connectivity index (χ1n) is 6.71. The summed E-state index contributed by atoms with van der Waals surface area (Å²) in [6, 6.07) is 5.96. The number of carbonyl (C=O) groups excluding carboxylic acids is 3. The van der Waals surface area contributed by atoms with Gasteiger partial charge in [0.05, 0.1) is 17.4 Å². The molecule has 6 heteroatoms. The van der Waals surface area contributed by atoms with Gasteiger partial charge in [-0.25, -0.2) is 0 Å². The van der Waals surface area contributed by atoms with E-state index in [0.29, 0.717) is 12.8 Å². The molecule has 3 amide bonds. The third kappa shape index (κ3) is 2.18. The van der Waals surface area contributed by atoms with Crippen molar-refractivity contribution in [2.75, 3.05) is 0 Å². The molecule has 0 bridgehead atoms. The van der Waals surface area contributed by atoms with Gasteiger partial charge >= 0.3 is 0 Å². The highest BCUT2D eigenvalue weighted by Crippen LogP contribution is 2.34. The Balaban J connectivity index is 1.79. The third-order valence-corrected chi connectivity index (χ3v) is 3.87. The van der Waals surface area contributed by atoms with Gasteiger partial charge in [0, 0.05) is 0 Å². The van der Waals surface area contributed by atoms with Crippen molar-refractivity contribution in [1.82, 2.24) is 10.4 Å². The summed E-state index contributed by atoms with van der Waals surface area (Å²) < 4.78 is 0. The van der Waals surface area contributed by atoms with Crippen LogP contribution in [0.5, 0.6) is 5.75 Å². The highest BCUT2D eigenvalue weighted by Gasteiger charge is 2.48. The SMILES string of the molecule is O=C(NN1C(=O)C2CC=CCC2C1=O)c1ccccc1O. The first-order valence-corrected chi connectivity index (χ1v) is 6.71. The normalized spacial score (nSPS) is 24.1. The molecule has 0 spiro atoms. The van der Waals surface area contributed by atoms with Gasteiger partial charge in [0.2, 0.25) is 0 Å². The van der Waals surface area contributed by atoms with Crippen molar-refractivity contribution in [1.29, 1.82) is 0 Å². The number of rotatable bonds is 2. The first kappa shape index (κ1) is 13.4. The molecule has 1 aliphatic carbocycles. The van der Waals surface area contributed by atoms with E-state index in [4.69, 9.17) is 0 Å². The molecule has 1 saturated heterocycles. The lowest BCUT2D eigenvalue weighted by atomic mass is 9.85. The molecular formula is C15H14N2O4. The molecule has 2 unspecified atom stereocenters. The fourth-order valence-electron chi connectivity index (χ4n) is 2.74. The van der Waals surface area contributed by atoms with Crippen LogP contribution < -0.4 is 5.43 Å². The molecule has 1 aromatic rings. The Morgan fingerprint density at radius 1 is 1.10 bits per heavy atom. The predicted octanol–water partition coefficient (Wildman–Crippen LogP) is 0.988. The van der Waals surface area contributed by atoms with Crippen LogP contribution in [-0.4, -0.2) is 27.8 Å². The van der Waals surface area contributed by atoms with E-state index < -0.39 is 29.6 Å². The highest BCUT2D eigenvalue weighted by molar-refractivity contribution is 6.08. The largest absolute Gasteiger partial charge is 0.507 e. The lowest BCUT2D eigenvalue weighted by Gasteiger charge is -2.16. The molecular weight excluding hydrogens is 272 g/mol. The molecule has 2 aliphatic rings. The number of aromatic hydroxyl groups is 1. The second-order valence-electron chi connectivity index (χ2n) is 5.13. The van der Waals surface area contributed by atoms with E-state index >= 15 is 0 Å². The number of phenolic OH excluding ortho intramolecular Hbond substituents is 1. The summed E-state index contributed by atoms with van der Waals surface area (Å²) in [4.78, 5) is 36.5. The monoisotopic (exact) mass is 286 g/mol. The van der Waals surface area contributed by atoms with Gasteiger partial charge in [-0.05, 0) is 25.0 Å². The number of nitrogens with zero attached hydrogens (tertiary/aromatic N) is 1. The Labute approximate surface area is 121 Å². The molecule has 2 N–H and O–H groups in total. The molecule has 108 valence electrons. The van der Waals surface area contributed by atoms with Gasteiger partial charge in [-0.1, -0.05) is 24.3 Å². The number of carbonyl (C=O) groups is 3. The maximum atomic E-state index is 12.2. The summed E-state index contributed by atoms with van der Waals surface area (Å²) in [5.74, 6) is -2.45. The van der Waals surface area contributed by atoms with Gasteiger partial charge in [0.15, 0.2) is 0 Å². The Morgan fingerprint density at radius 2 is 1.67 bits per heavy atom. The lowest BCUT2D eigenvalue weighted by molar-refractivity contribution is -0.142. The van der Waals surface area contributed by atoms with Gasteiger partial charge in [-0.15, -0.1) is 0 Å². The number of hydrazine groups is 1. The van der Waals surface area contributed by atoms with Gasteiger partial charge in [-0.3, -0.25) is 19.8 Å². The Bertz CT molecular complexity index is 627. The average molecular weight is 286 g/mol. The number of phenols is 1. The minimum Gasteiger partial charge on any atom is -0.507 e. The number of hydrogen-bond donors (Lipinski definition) is 2. The van der Waals surface area contributed by atoms with Crippen molar-refractivity contribution in [2.24, 2.45) is 11.8 Å². The molecule has 1 heterocycles. The van der Waals surface area contributed by atoms with Gasteiger partial charge in [-0.2, -0.15) is 5.01 Å². The fourth-order valence-corrected chi connectivity index (χ4v) is 2.74. The summed E-state index contributed by atoms with van der Waals surface area (Å²) in [5.41, 5.74) is 2.32. The number of benzene rings is 1. The van der Waals surface area contributed by atoms with E-state index in [1.165, 1.54) is 12.1 Å². The van der Waals surface area contributed by atoms with E-state index in [-0.39, 0.29) is 11.3 Å². The Morgan fingerprint density at radius 3 is 2.24 bits per heavy atom. The minimum absolute atomic E-state index is 0.0195. The van der Waals surface area contributed by atoms with Crippen LogP contribution in [-0.2, 0) is 9.59 Å². The molecule has 1 aromatic carbocycles. The number of fused-ring (bicyclic) bond motifs is 1. The van der Waals surface area contributed by atoms with Crippen molar-refractivity contribution in [3.8, 4) is 5.75 Å². The summed E-state index contributed by atoms with van der Waals surface area (Å²) in [6.45, 7) is 0. The molecule has 6 nitrogen and oxygen atoms in total. The lowest BCUT2D eigenvalue weighted by Crippen LogP contribution is -2.46. The van der Waals surface area contributed by atoms with E-state index in [9.17, 15) is 19.5 Å². The van der Waals surface area contributed by atoms with Gasteiger partial charge in [0.25, 0.3) is 17.7 Å². The topological polar surface area (TPSA) is 86.7 Å². The van der Waals surface area contributed by atoms with Crippen LogP contribution in [0.2, 0.25) is 0 Å². The zero-order chi connectivity index (χ0) is 15.0. The number of imide groups is 1. The van der Waals surface area contributed by atoms with Crippen molar-refractivity contribution < 1.29 is 19.5 Å². The number of hydrogen-bond acceptors (Lipinski definition) is 4. The van der Waals surface area contributed by atoms with Crippen molar-refractivity contribution in [2.45, 2.75) is 12.8 Å². The molecule has 1 fully saturated rings. The van der Waals surface area contributed by atoms with Crippen molar-refractivity contribution in [3.63, 3.8) is 0 Å². The van der Waals surface area contributed by atoms with Crippen molar-refractivity contribution >= 4 is 17.7 Å². The predicted molar refractivity (Wildman–Crippen MR) is 72.8 cm³/mol. The zero-order valence-electron chi connectivity index (χ0n) is 11.2. The second-order valence-corrected chi connectivity index (χ2v) is 5.13. The molecule has 1 aliphatic heterocycles. The summed E-state index contributed by atoms with van der Waals surface area (Å²) in [6.07, 6.45) is 4.78. The Kier molecular flexibility index (Phi) is 3.21. The van der Waals surface area contributed by atoms with Crippen LogP contribution in [0.15, 0.2) is 36.4 Å². The number of amides is 3. The highest BCUT2D eigenvalue weighted by atomic mass is 16.3. The van der Waals surface area contributed by atoms with Crippen LogP contribution in [0.4, 0.5) is 0 Å². The minimum atomic E-state index is -0.679. The molecule has 0 radical (unpaired) electrons. The quantitative estimate of drug-likeness (QED) is 0.627. The maximum absolute atomic E-state index is 12.2. The molecule has 2 atom stereocenters. The van der Waals surface area contributed by atoms with Crippen LogP contribution in [0.1, 0.15) is 23.2 Å². The van der Waals surface area contributed by atoms with E-state index in [2.05, 4.69) is 5.43 Å². The third-order valence-electron chi connectivity index (χ3n) is 3.87. The average Bonchev–Trinajstić information content (AvgIpc) is 2.73. The smallest absolute Gasteiger partial charge is 0.274 e. The van der Waals surface area contributed by atoms with Crippen molar-refractivity contribution in [3.05, 3.63) is 42.0 Å². The first-order chi connectivity index (χ1) is 10.1. The van der Waals surface area contributed by atoms with Crippen LogP contribution in [0, 0.1) is 11.8 Å². The van der Waals surface area contributed by atoms with E-state index in [1.54, 1.807) is 12.1 Å². The summed E-state index contributed by atoms with van der Waals surface area (Å²) >= 11 is 0. The number of nitrogens with one attached hydrogen (secondary N) is 1. The van der Waals surface area contributed by atoms with E-state index in [1.807, 2.05) is 12.2 Å². The van der Waals surface area contributed by atoms with E-state index in [0.717, 1.165) is 5.01 Å². The molecule has 0 aromatic heterocycles. The van der Waals surface area contributed by atoms with Crippen LogP contribution in [0.3, 0.4) is 0 Å². The molecule has 0 saturated carbocycles. The summed E-state index contributed by atoms with van der Waals surface area (Å²) in [7, 11) is 0. The maximum Gasteiger partial charge on any atom is 0.274 e. The number of allylic oxidation sites excluding steroid dienone is 2. The zero-order valence-corrected chi connectivity index (χ0v) is 11.2. The number of para-hydroxylation sites is 1. The van der Waals surface area contributed by atoms with Gasteiger partial charge < -0.3 is 5.11 Å². The second kappa shape index (κ2) is 5.05.